The maximum atomic E-state index is 5.17. The first kappa shape index (κ1) is 7.93. The average molecular weight is 154 g/mol. The summed E-state index contributed by atoms with van der Waals surface area (Å²) in [4.78, 5) is 1.17. The summed E-state index contributed by atoms with van der Waals surface area (Å²) in [7, 11) is 0. The Balaban J connectivity index is 2.94. The van der Waals surface area contributed by atoms with Gasteiger partial charge in [0, 0.05) is 11.3 Å². The molecule has 0 aromatic rings. The summed E-state index contributed by atoms with van der Waals surface area (Å²) in [6.07, 6.45) is 1.06. The van der Waals surface area contributed by atoms with Crippen LogP contribution in [0.4, 0.5) is 0 Å². The van der Waals surface area contributed by atoms with Crippen LogP contribution in [0.3, 0.4) is 0 Å². The second-order valence-electron chi connectivity index (χ2n) is 4.01. The van der Waals surface area contributed by atoms with Crippen LogP contribution in [0, 0.1) is 5.41 Å². The smallest absolute Gasteiger partial charge is 0.0229 e. The van der Waals surface area contributed by atoms with E-state index >= 15 is 0 Å². The Morgan fingerprint density at radius 2 is 1.80 bits per heavy atom. The van der Waals surface area contributed by atoms with Crippen molar-refractivity contribution in [3.05, 3.63) is 11.1 Å². The summed E-state index contributed by atoms with van der Waals surface area (Å²) in [5.41, 5.74) is 3.18. The van der Waals surface area contributed by atoms with Crippen LogP contribution in [0.25, 0.3) is 0 Å². The van der Waals surface area contributed by atoms with Crippen LogP contribution in [-0.2, 0) is 0 Å². The van der Waals surface area contributed by atoms with Crippen LogP contribution >= 0.6 is 12.2 Å². The summed E-state index contributed by atoms with van der Waals surface area (Å²) >= 11 is 5.17. The van der Waals surface area contributed by atoms with Crippen molar-refractivity contribution >= 4 is 17.1 Å². The van der Waals surface area contributed by atoms with Crippen molar-refractivity contribution in [2.75, 3.05) is 0 Å². The van der Waals surface area contributed by atoms with E-state index < -0.39 is 0 Å². The first-order valence-corrected chi connectivity index (χ1v) is 4.07. The van der Waals surface area contributed by atoms with Gasteiger partial charge in [0.2, 0.25) is 0 Å². The van der Waals surface area contributed by atoms with Gasteiger partial charge in [-0.2, -0.15) is 0 Å². The molecule has 0 unspecified atom stereocenters. The highest BCUT2D eigenvalue weighted by atomic mass is 32.1. The van der Waals surface area contributed by atoms with Gasteiger partial charge in [-0.05, 0) is 17.9 Å². The van der Waals surface area contributed by atoms with E-state index in [1.807, 2.05) is 0 Å². The molecule has 1 heteroatoms. The molecule has 0 aromatic carbocycles. The van der Waals surface area contributed by atoms with E-state index in [9.17, 15) is 0 Å². The topological polar surface area (TPSA) is 0 Å². The Kier molecular flexibility index (Phi) is 1.71. The van der Waals surface area contributed by atoms with Crippen LogP contribution in [0.15, 0.2) is 11.1 Å². The van der Waals surface area contributed by atoms with Gasteiger partial charge in [-0.3, -0.25) is 0 Å². The van der Waals surface area contributed by atoms with Crippen LogP contribution < -0.4 is 0 Å². The molecule has 10 heavy (non-hydrogen) atoms. The fourth-order valence-electron chi connectivity index (χ4n) is 1.61. The zero-order chi connectivity index (χ0) is 7.94. The number of hydrogen-bond acceptors (Lipinski definition) is 1. The van der Waals surface area contributed by atoms with Crippen LogP contribution in [0.2, 0.25) is 0 Å². The molecule has 0 bridgehead atoms. The molecular formula is C9H14S. The molecule has 0 amide bonds. The van der Waals surface area contributed by atoms with Crippen molar-refractivity contribution in [1.82, 2.24) is 0 Å². The van der Waals surface area contributed by atoms with E-state index in [0.29, 0.717) is 0 Å². The molecule has 0 spiro atoms. The molecular weight excluding hydrogens is 140 g/mol. The molecule has 0 N–H and O–H groups in total. The largest absolute Gasteiger partial charge is 0.0842 e. The Labute approximate surface area is 68.3 Å². The highest BCUT2D eigenvalue weighted by Gasteiger charge is 2.29. The van der Waals surface area contributed by atoms with Crippen LogP contribution in [-0.4, -0.2) is 4.86 Å². The minimum absolute atomic E-state index is 0.277. The number of allylic oxidation sites excluding steroid dienone is 2. The van der Waals surface area contributed by atoms with E-state index in [1.165, 1.54) is 16.0 Å². The van der Waals surface area contributed by atoms with Gasteiger partial charge in [0.1, 0.15) is 0 Å². The molecule has 0 heterocycles. The second-order valence-corrected chi connectivity index (χ2v) is 4.50. The van der Waals surface area contributed by atoms with Gasteiger partial charge >= 0.3 is 0 Å². The van der Waals surface area contributed by atoms with Gasteiger partial charge in [-0.15, -0.1) is 0 Å². The maximum absolute atomic E-state index is 5.17. The average Bonchev–Trinajstić information content (AvgIpc) is 1.58. The summed E-state index contributed by atoms with van der Waals surface area (Å²) in [5.74, 6) is 0. The van der Waals surface area contributed by atoms with Crippen molar-refractivity contribution in [2.45, 2.75) is 34.1 Å². The van der Waals surface area contributed by atoms with Gasteiger partial charge in [-0.25, -0.2) is 0 Å². The molecule has 0 aliphatic heterocycles. The predicted octanol–water partition coefficient (Wildman–Crippen LogP) is 3.12. The molecule has 1 rings (SSSR count). The molecule has 0 atom stereocenters. The lowest BCUT2D eigenvalue weighted by atomic mass is 9.73. The lowest BCUT2D eigenvalue weighted by Gasteiger charge is -2.33. The van der Waals surface area contributed by atoms with E-state index in [0.717, 1.165) is 6.42 Å². The molecule has 0 saturated heterocycles. The Bertz CT molecular complexity index is 203. The zero-order valence-corrected chi connectivity index (χ0v) is 7.93. The summed E-state index contributed by atoms with van der Waals surface area (Å²) in [5, 5.41) is 0. The quantitative estimate of drug-likeness (QED) is 0.483. The third-order valence-corrected chi connectivity index (χ3v) is 2.23. The molecule has 1 aliphatic carbocycles. The Morgan fingerprint density at radius 1 is 1.30 bits per heavy atom. The van der Waals surface area contributed by atoms with Crippen LogP contribution in [0.5, 0.6) is 0 Å². The molecule has 56 valence electrons. The zero-order valence-electron chi connectivity index (χ0n) is 7.12. The van der Waals surface area contributed by atoms with E-state index in [2.05, 4.69) is 27.7 Å². The second kappa shape index (κ2) is 2.16. The predicted molar refractivity (Wildman–Crippen MR) is 49.4 cm³/mol. The molecule has 1 aliphatic rings. The number of rotatable bonds is 0. The van der Waals surface area contributed by atoms with Crippen molar-refractivity contribution in [3.63, 3.8) is 0 Å². The maximum Gasteiger partial charge on any atom is 0.0229 e. The summed E-state index contributed by atoms with van der Waals surface area (Å²) in [6.45, 7) is 8.84. The monoisotopic (exact) mass is 154 g/mol. The first-order chi connectivity index (χ1) is 4.43. The normalized spacial score (nSPS) is 19.4. The van der Waals surface area contributed by atoms with Gasteiger partial charge in [0.15, 0.2) is 0 Å². The minimum atomic E-state index is 0.277. The molecule has 0 radical (unpaired) electrons. The Hall–Kier alpha value is -0.170. The first-order valence-electron chi connectivity index (χ1n) is 3.66. The third-order valence-electron chi connectivity index (χ3n) is 1.88. The highest BCUT2D eigenvalue weighted by Crippen LogP contribution is 2.38. The SMILES string of the molecule is CC1=C(C(C)(C)C)C(=S)C1. The fourth-order valence-corrected chi connectivity index (χ4v) is 2.30. The molecule has 0 fully saturated rings. The van der Waals surface area contributed by atoms with E-state index in [1.54, 1.807) is 0 Å². The number of thiocarbonyl (C=S) groups is 1. The van der Waals surface area contributed by atoms with Crippen LogP contribution in [0.1, 0.15) is 34.1 Å². The van der Waals surface area contributed by atoms with E-state index in [4.69, 9.17) is 12.2 Å². The number of hydrogen-bond donors (Lipinski definition) is 0. The van der Waals surface area contributed by atoms with Crippen molar-refractivity contribution in [1.29, 1.82) is 0 Å². The summed E-state index contributed by atoms with van der Waals surface area (Å²) < 4.78 is 0. The lowest BCUT2D eigenvalue weighted by molar-refractivity contribution is 0.511. The van der Waals surface area contributed by atoms with Crippen molar-refractivity contribution < 1.29 is 0 Å². The fraction of sp³-hybridized carbons (Fsp3) is 0.667. The van der Waals surface area contributed by atoms with Gasteiger partial charge < -0.3 is 0 Å². The highest BCUT2D eigenvalue weighted by molar-refractivity contribution is 7.81. The third kappa shape index (κ3) is 1.15. The van der Waals surface area contributed by atoms with E-state index in [-0.39, 0.29) is 5.41 Å². The van der Waals surface area contributed by atoms with Gasteiger partial charge in [0.05, 0.1) is 0 Å². The molecule has 0 nitrogen and oxygen atoms in total. The molecule has 0 aromatic heterocycles. The standard InChI is InChI=1S/C9H14S/c1-6-5-7(10)8(6)9(2,3)4/h5H2,1-4H3. The summed E-state index contributed by atoms with van der Waals surface area (Å²) in [6, 6.07) is 0. The Morgan fingerprint density at radius 3 is 1.90 bits per heavy atom. The van der Waals surface area contributed by atoms with Crippen molar-refractivity contribution in [2.24, 2.45) is 5.41 Å². The van der Waals surface area contributed by atoms with Gasteiger partial charge in [-0.1, -0.05) is 38.6 Å². The lowest BCUT2D eigenvalue weighted by Crippen LogP contribution is -2.25. The van der Waals surface area contributed by atoms with Crippen molar-refractivity contribution in [3.8, 4) is 0 Å². The van der Waals surface area contributed by atoms with Gasteiger partial charge in [0.25, 0.3) is 0 Å². The minimum Gasteiger partial charge on any atom is -0.0842 e. The molecule has 0 saturated carbocycles.